The minimum Gasteiger partial charge on any atom is -0.384 e. The maximum Gasteiger partial charge on any atom is 0.251 e. The second-order valence-electron chi connectivity index (χ2n) is 8.47. The van der Waals surface area contributed by atoms with E-state index in [1.165, 1.54) is 0 Å². The van der Waals surface area contributed by atoms with E-state index in [0.29, 0.717) is 11.4 Å². The normalized spacial score (nSPS) is 16.7. The topological polar surface area (TPSA) is 97.0 Å². The molecule has 1 fully saturated rings. The van der Waals surface area contributed by atoms with E-state index >= 15 is 0 Å². The van der Waals surface area contributed by atoms with Crippen molar-refractivity contribution in [3.05, 3.63) is 59.7 Å². The molecule has 7 nitrogen and oxygen atoms in total. The largest absolute Gasteiger partial charge is 0.384 e. The first-order valence-corrected chi connectivity index (χ1v) is 11.1. The summed E-state index contributed by atoms with van der Waals surface area (Å²) in [6.45, 7) is 6.02. The van der Waals surface area contributed by atoms with Gasteiger partial charge in [0.15, 0.2) is 0 Å². The Morgan fingerprint density at radius 3 is 2.69 bits per heavy atom. The fourth-order valence-electron chi connectivity index (χ4n) is 4.38. The molecule has 1 aromatic carbocycles. The molecule has 1 aliphatic rings. The van der Waals surface area contributed by atoms with Crippen molar-refractivity contribution >= 4 is 11.7 Å². The zero-order valence-electron chi connectivity index (χ0n) is 18.9. The number of hydrogen-bond donors (Lipinski definition) is 2. The Morgan fingerprint density at radius 2 is 2.00 bits per heavy atom. The number of amides is 1. The Hall–Kier alpha value is -3.32. The van der Waals surface area contributed by atoms with E-state index in [-0.39, 0.29) is 11.9 Å². The molecule has 166 valence electrons. The van der Waals surface area contributed by atoms with Crippen LogP contribution in [0.2, 0.25) is 0 Å². The van der Waals surface area contributed by atoms with Crippen molar-refractivity contribution in [3.8, 4) is 22.4 Å². The predicted octanol–water partition coefficient (Wildman–Crippen LogP) is 3.48. The van der Waals surface area contributed by atoms with Crippen LogP contribution in [0.1, 0.15) is 41.4 Å². The SMILES string of the molecule is CCc1ncnc(-c2ccc(C(=O)NC3CCCN(C)C3)c(C)c2)c1-c1ccc(N)nc1. The number of rotatable bonds is 5. The molecule has 3 aromatic rings. The average molecular weight is 431 g/mol. The summed E-state index contributed by atoms with van der Waals surface area (Å²) in [5.74, 6) is 0.454. The van der Waals surface area contributed by atoms with E-state index in [4.69, 9.17) is 5.73 Å². The van der Waals surface area contributed by atoms with Crippen LogP contribution < -0.4 is 11.1 Å². The van der Waals surface area contributed by atoms with Crippen LogP contribution in [0, 0.1) is 6.92 Å². The summed E-state index contributed by atoms with van der Waals surface area (Å²) in [5.41, 5.74) is 12.0. The van der Waals surface area contributed by atoms with Crippen molar-refractivity contribution in [1.29, 1.82) is 0 Å². The summed E-state index contributed by atoms with van der Waals surface area (Å²) < 4.78 is 0. The molecule has 7 heteroatoms. The van der Waals surface area contributed by atoms with Gasteiger partial charge in [0, 0.05) is 41.0 Å². The van der Waals surface area contributed by atoms with Crippen LogP contribution in [0.15, 0.2) is 42.9 Å². The van der Waals surface area contributed by atoms with E-state index in [9.17, 15) is 4.79 Å². The molecule has 1 saturated heterocycles. The number of nitrogens with two attached hydrogens (primary N) is 1. The van der Waals surface area contributed by atoms with Gasteiger partial charge in [0.25, 0.3) is 5.91 Å². The van der Waals surface area contributed by atoms with E-state index in [2.05, 4.69) is 39.1 Å². The highest BCUT2D eigenvalue weighted by atomic mass is 16.1. The third-order valence-corrected chi connectivity index (χ3v) is 6.04. The Morgan fingerprint density at radius 1 is 1.19 bits per heavy atom. The van der Waals surface area contributed by atoms with Gasteiger partial charge >= 0.3 is 0 Å². The quantitative estimate of drug-likeness (QED) is 0.643. The summed E-state index contributed by atoms with van der Waals surface area (Å²) in [4.78, 5) is 28.5. The van der Waals surface area contributed by atoms with Crippen molar-refractivity contribution in [2.45, 2.75) is 39.2 Å². The number of carbonyl (C=O) groups is 1. The molecule has 1 amide bonds. The molecule has 3 N–H and O–H groups in total. The number of likely N-dealkylation sites (N-methyl/N-ethyl adjacent to an activating group) is 1. The second kappa shape index (κ2) is 9.44. The lowest BCUT2D eigenvalue weighted by Gasteiger charge is -2.30. The minimum absolute atomic E-state index is 0.0192. The third-order valence-electron chi connectivity index (χ3n) is 6.04. The fourth-order valence-corrected chi connectivity index (χ4v) is 4.38. The highest BCUT2D eigenvalue weighted by molar-refractivity contribution is 5.96. The molecule has 0 radical (unpaired) electrons. The maximum absolute atomic E-state index is 12.9. The maximum atomic E-state index is 12.9. The Labute approximate surface area is 189 Å². The van der Waals surface area contributed by atoms with Gasteiger partial charge in [-0.2, -0.15) is 0 Å². The number of piperidine rings is 1. The Bertz CT molecular complexity index is 1110. The number of hydrogen-bond acceptors (Lipinski definition) is 6. The van der Waals surface area contributed by atoms with Crippen LogP contribution in [-0.2, 0) is 6.42 Å². The first kappa shape index (κ1) is 21.9. The van der Waals surface area contributed by atoms with Gasteiger partial charge in [-0.3, -0.25) is 4.79 Å². The van der Waals surface area contributed by atoms with Crippen molar-refractivity contribution in [1.82, 2.24) is 25.2 Å². The number of aryl methyl sites for hydroxylation is 2. The standard InChI is InChI=1S/C25H30N6O/c1-4-21-23(18-8-10-22(26)27-13-18)24(29-15-28-21)17-7-9-20(16(2)12-17)25(32)30-19-6-5-11-31(3)14-19/h7-10,12-13,15,19H,4-6,11,14H2,1-3H3,(H2,26,27)(H,30,32). The van der Waals surface area contributed by atoms with Crippen LogP contribution in [-0.4, -0.2) is 51.9 Å². The first-order chi connectivity index (χ1) is 15.5. The van der Waals surface area contributed by atoms with Crippen LogP contribution >= 0.6 is 0 Å². The van der Waals surface area contributed by atoms with Crippen molar-refractivity contribution in [2.75, 3.05) is 25.9 Å². The molecule has 0 spiro atoms. The average Bonchev–Trinajstić information content (AvgIpc) is 2.79. The van der Waals surface area contributed by atoms with Gasteiger partial charge in [0.1, 0.15) is 12.1 Å². The van der Waals surface area contributed by atoms with Crippen LogP contribution in [0.4, 0.5) is 5.82 Å². The number of anilines is 1. The van der Waals surface area contributed by atoms with Gasteiger partial charge in [0.2, 0.25) is 0 Å². The number of likely N-dealkylation sites (tertiary alicyclic amines) is 1. The van der Waals surface area contributed by atoms with Gasteiger partial charge in [-0.25, -0.2) is 15.0 Å². The molecule has 1 unspecified atom stereocenters. The van der Waals surface area contributed by atoms with Crippen molar-refractivity contribution in [3.63, 3.8) is 0 Å². The molecule has 3 heterocycles. The lowest BCUT2D eigenvalue weighted by atomic mass is 9.95. The number of pyridine rings is 1. The lowest BCUT2D eigenvalue weighted by Crippen LogP contribution is -2.46. The van der Waals surface area contributed by atoms with E-state index in [1.807, 2.05) is 31.2 Å². The van der Waals surface area contributed by atoms with Crippen molar-refractivity contribution in [2.24, 2.45) is 0 Å². The molecule has 0 bridgehead atoms. The molecule has 1 atom stereocenters. The predicted molar refractivity (Wildman–Crippen MR) is 127 cm³/mol. The third kappa shape index (κ3) is 4.62. The highest BCUT2D eigenvalue weighted by Gasteiger charge is 2.21. The van der Waals surface area contributed by atoms with Gasteiger partial charge in [-0.05, 0) is 69.6 Å². The number of nitrogen functional groups attached to an aromatic ring is 1. The number of carbonyl (C=O) groups excluding carboxylic acids is 1. The van der Waals surface area contributed by atoms with Gasteiger partial charge in [0.05, 0.1) is 11.4 Å². The Kier molecular flexibility index (Phi) is 6.46. The zero-order valence-corrected chi connectivity index (χ0v) is 18.9. The lowest BCUT2D eigenvalue weighted by molar-refractivity contribution is 0.0912. The Balaban J connectivity index is 1.66. The smallest absolute Gasteiger partial charge is 0.251 e. The first-order valence-electron chi connectivity index (χ1n) is 11.1. The van der Waals surface area contributed by atoms with Crippen LogP contribution in [0.5, 0.6) is 0 Å². The molecule has 0 aliphatic carbocycles. The summed E-state index contributed by atoms with van der Waals surface area (Å²) in [6.07, 6.45) is 6.25. The van der Waals surface area contributed by atoms with Gasteiger partial charge < -0.3 is 16.0 Å². The number of nitrogens with one attached hydrogen (secondary N) is 1. The summed E-state index contributed by atoms with van der Waals surface area (Å²) in [7, 11) is 2.10. The zero-order chi connectivity index (χ0) is 22.7. The van der Waals surface area contributed by atoms with Crippen LogP contribution in [0.25, 0.3) is 22.4 Å². The molecule has 2 aromatic heterocycles. The van der Waals surface area contributed by atoms with E-state index in [1.54, 1.807) is 18.6 Å². The van der Waals surface area contributed by atoms with E-state index < -0.39 is 0 Å². The van der Waals surface area contributed by atoms with Crippen molar-refractivity contribution < 1.29 is 4.79 Å². The van der Waals surface area contributed by atoms with E-state index in [0.717, 1.165) is 66.0 Å². The number of benzene rings is 1. The summed E-state index contributed by atoms with van der Waals surface area (Å²) >= 11 is 0. The fraction of sp³-hybridized carbons (Fsp3) is 0.360. The molecule has 4 rings (SSSR count). The summed E-state index contributed by atoms with van der Waals surface area (Å²) in [6, 6.07) is 9.81. The van der Waals surface area contributed by atoms with Crippen LogP contribution in [0.3, 0.4) is 0 Å². The summed E-state index contributed by atoms with van der Waals surface area (Å²) in [5, 5.41) is 3.20. The molecular formula is C25H30N6O. The molecular weight excluding hydrogens is 400 g/mol. The highest BCUT2D eigenvalue weighted by Crippen LogP contribution is 2.33. The second-order valence-corrected chi connectivity index (χ2v) is 8.47. The van der Waals surface area contributed by atoms with Gasteiger partial charge in [-0.1, -0.05) is 13.0 Å². The number of aromatic nitrogens is 3. The molecule has 32 heavy (non-hydrogen) atoms. The minimum atomic E-state index is -0.0192. The van der Waals surface area contributed by atoms with Gasteiger partial charge in [-0.15, -0.1) is 0 Å². The molecule has 0 saturated carbocycles. The molecule has 1 aliphatic heterocycles. The monoisotopic (exact) mass is 430 g/mol. The number of nitrogens with zero attached hydrogens (tertiary/aromatic N) is 4.